The Morgan fingerprint density at radius 1 is 1.07 bits per heavy atom. The number of para-hydroxylation sites is 1. The van der Waals surface area contributed by atoms with Crippen LogP contribution in [0.2, 0.25) is 0 Å². The van der Waals surface area contributed by atoms with Gasteiger partial charge in [-0.1, -0.05) is 18.2 Å². The SMILES string of the molecule is O=C(c1ccc(NCc2nccn2-c2ccccc2)nc1)N1CCNCC1. The Morgan fingerprint density at radius 3 is 2.63 bits per heavy atom. The van der Waals surface area contributed by atoms with Gasteiger partial charge in [0.25, 0.3) is 5.91 Å². The Hall–Kier alpha value is -3.19. The van der Waals surface area contributed by atoms with E-state index in [0.29, 0.717) is 12.1 Å². The Labute approximate surface area is 158 Å². The number of carbonyl (C=O) groups excluding carboxylic acids is 1. The molecule has 138 valence electrons. The van der Waals surface area contributed by atoms with Crippen molar-refractivity contribution in [2.75, 3.05) is 31.5 Å². The molecule has 0 radical (unpaired) electrons. The van der Waals surface area contributed by atoms with Crippen molar-refractivity contribution in [3.8, 4) is 5.69 Å². The Kier molecular flexibility index (Phi) is 5.11. The monoisotopic (exact) mass is 362 g/mol. The van der Waals surface area contributed by atoms with Gasteiger partial charge < -0.3 is 20.1 Å². The number of amides is 1. The van der Waals surface area contributed by atoms with Crippen LogP contribution in [0.4, 0.5) is 5.82 Å². The first kappa shape index (κ1) is 17.2. The summed E-state index contributed by atoms with van der Waals surface area (Å²) in [6.07, 6.45) is 5.36. The number of imidazole rings is 1. The van der Waals surface area contributed by atoms with Gasteiger partial charge in [-0.3, -0.25) is 4.79 Å². The van der Waals surface area contributed by atoms with E-state index in [-0.39, 0.29) is 5.91 Å². The molecule has 3 aromatic rings. The summed E-state index contributed by atoms with van der Waals surface area (Å²) < 4.78 is 2.04. The number of piperazine rings is 1. The molecular formula is C20H22N6O. The van der Waals surface area contributed by atoms with Gasteiger partial charge in [-0.25, -0.2) is 9.97 Å². The number of nitrogens with one attached hydrogen (secondary N) is 2. The fraction of sp³-hybridized carbons (Fsp3) is 0.250. The molecule has 1 aromatic carbocycles. The Bertz CT molecular complexity index is 884. The molecule has 0 aliphatic carbocycles. The fourth-order valence-corrected chi connectivity index (χ4v) is 3.13. The third-order valence-electron chi connectivity index (χ3n) is 4.59. The van der Waals surface area contributed by atoms with Gasteiger partial charge in [0.15, 0.2) is 0 Å². The molecule has 1 aliphatic heterocycles. The predicted molar refractivity (Wildman–Crippen MR) is 104 cm³/mol. The summed E-state index contributed by atoms with van der Waals surface area (Å²) in [5, 5.41) is 6.52. The number of benzene rings is 1. The van der Waals surface area contributed by atoms with Crippen LogP contribution >= 0.6 is 0 Å². The first-order valence-electron chi connectivity index (χ1n) is 9.09. The number of carbonyl (C=O) groups is 1. The second-order valence-electron chi connectivity index (χ2n) is 6.38. The lowest BCUT2D eigenvalue weighted by Crippen LogP contribution is -2.46. The molecule has 0 atom stereocenters. The average Bonchev–Trinajstić information content (AvgIpc) is 3.22. The highest BCUT2D eigenvalue weighted by molar-refractivity contribution is 5.94. The van der Waals surface area contributed by atoms with Crippen LogP contribution in [-0.4, -0.2) is 51.5 Å². The molecule has 1 aliphatic rings. The van der Waals surface area contributed by atoms with Crippen LogP contribution in [0.5, 0.6) is 0 Å². The van der Waals surface area contributed by atoms with Crippen LogP contribution in [-0.2, 0) is 6.54 Å². The van der Waals surface area contributed by atoms with Crippen molar-refractivity contribution in [3.05, 3.63) is 72.4 Å². The van der Waals surface area contributed by atoms with Gasteiger partial charge in [-0.15, -0.1) is 0 Å². The van der Waals surface area contributed by atoms with Gasteiger partial charge in [0, 0.05) is 50.5 Å². The highest BCUT2D eigenvalue weighted by Crippen LogP contribution is 2.13. The minimum atomic E-state index is 0.0372. The van der Waals surface area contributed by atoms with Crippen molar-refractivity contribution in [1.29, 1.82) is 0 Å². The lowest BCUT2D eigenvalue weighted by Gasteiger charge is -2.27. The zero-order valence-corrected chi connectivity index (χ0v) is 15.0. The summed E-state index contributed by atoms with van der Waals surface area (Å²) in [7, 11) is 0. The van der Waals surface area contributed by atoms with E-state index in [0.717, 1.165) is 43.5 Å². The van der Waals surface area contributed by atoms with Gasteiger partial charge in [0.05, 0.1) is 12.1 Å². The number of nitrogens with zero attached hydrogens (tertiary/aromatic N) is 4. The van der Waals surface area contributed by atoms with Crippen molar-refractivity contribution >= 4 is 11.7 Å². The average molecular weight is 362 g/mol. The van der Waals surface area contributed by atoms with E-state index in [1.807, 2.05) is 58.1 Å². The quantitative estimate of drug-likeness (QED) is 0.725. The van der Waals surface area contributed by atoms with E-state index in [2.05, 4.69) is 20.6 Å². The first-order chi connectivity index (χ1) is 13.3. The topological polar surface area (TPSA) is 75.1 Å². The van der Waals surface area contributed by atoms with Crippen LogP contribution in [0.3, 0.4) is 0 Å². The Morgan fingerprint density at radius 2 is 1.89 bits per heavy atom. The molecule has 27 heavy (non-hydrogen) atoms. The van der Waals surface area contributed by atoms with Crippen molar-refractivity contribution in [1.82, 2.24) is 24.8 Å². The smallest absolute Gasteiger partial charge is 0.255 e. The van der Waals surface area contributed by atoms with Gasteiger partial charge in [-0.2, -0.15) is 0 Å². The highest BCUT2D eigenvalue weighted by Gasteiger charge is 2.18. The molecule has 4 rings (SSSR count). The van der Waals surface area contributed by atoms with Crippen molar-refractivity contribution in [3.63, 3.8) is 0 Å². The second-order valence-corrected chi connectivity index (χ2v) is 6.38. The third-order valence-corrected chi connectivity index (χ3v) is 4.59. The molecule has 0 saturated carbocycles. The highest BCUT2D eigenvalue weighted by atomic mass is 16.2. The molecule has 0 spiro atoms. The molecule has 0 unspecified atom stereocenters. The van der Waals surface area contributed by atoms with Crippen molar-refractivity contribution < 1.29 is 4.79 Å². The lowest BCUT2D eigenvalue weighted by atomic mass is 10.2. The van der Waals surface area contributed by atoms with Crippen LogP contribution in [0.25, 0.3) is 5.69 Å². The van der Waals surface area contributed by atoms with Crippen LogP contribution in [0.15, 0.2) is 61.1 Å². The molecule has 2 aromatic heterocycles. The normalized spacial score (nSPS) is 14.1. The molecule has 3 heterocycles. The molecule has 0 bridgehead atoms. The molecule has 1 amide bonds. The van der Waals surface area contributed by atoms with Gasteiger partial charge in [0.1, 0.15) is 11.6 Å². The maximum atomic E-state index is 12.5. The number of hydrogen-bond acceptors (Lipinski definition) is 5. The zero-order chi connectivity index (χ0) is 18.5. The molecule has 7 nitrogen and oxygen atoms in total. The number of anilines is 1. The Balaban J connectivity index is 1.40. The maximum absolute atomic E-state index is 12.5. The lowest BCUT2D eigenvalue weighted by molar-refractivity contribution is 0.0735. The van der Waals surface area contributed by atoms with Gasteiger partial charge >= 0.3 is 0 Å². The molecule has 1 fully saturated rings. The second kappa shape index (κ2) is 8.01. The van der Waals surface area contributed by atoms with E-state index in [9.17, 15) is 4.79 Å². The van der Waals surface area contributed by atoms with Crippen LogP contribution in [0, 0.1) is 0 Å². The summed E-state index contributed by atoms with van der Waals surface area (Å²) in [6.45, 7) is 3.70. The minimum absolute atomic E-state index is 0.0372. The van der Waals surface area contributed by atoms with Crippen molar-refractivity contribution in [2.24, 2.45) is 0 Å². The zero-order valence-electron chi connectivity index (χ0n) is 15.0. The summed E-state index contributed by atoms with van der Waals surface area (Å²) in [6, 6.07) is 13.7. The summed E-state index contributed by atoms with van der Waals surface area (Å²) >= 11 is 0. The third kappa shape index (κ3) is 3.98. The van der Waals surface area contributed by atoms with Crippen molar-refractivity contribution in [2.45, 2.75) is 6.54 Å². The summed E-state index contributed by atoms with van der Waals surface area (Å²) in [4.78, 5) is 23.1. The largest absolute Gasteiger partial charge is 0.363 e. The fourth-order valence-electron chi connectivity index (χ4n) is 3.13. The maximum Gasteiger partial charge on any atom is 0.255 e. The number of pyridine rings is 1. The van der Waals surface area contributed by atoms with E-state index >= 15 is 0 Å². The first-order valence-corrected chi connectivity index (χ1v) is 9.09. The number of aromatic nitrogens is 3. The molecule has 2 N–H and O–H groups in total. The number of hydrogen-bond donors (Lipinski definition) is 2. The molecular weight excluding hydrogens is 340 g/mol. The van der Waals surface area contributed by atoms with Gasteiger partial charge in [-0.05, 0) is 24.3 Å². The van der Waals surface area contributed by atoms with E-state index < -0.39 is 0 Å². The standard InChI is InChI=1S/C20H22N6O/c27-20(25-11-8-21-9-12-25)16-6-7-18(23-14-16)24-15-19-22-10-13-26(19)17-4-2-1-3-5-17/h1-7,10,13-14,21H,8-9,11-12,15H2,(H,23,24). The minimum Gasteiger partial charge on any atom is -0.363 e. The van der Waals surface area contributed by atoms with E-state index in [1.165, 1.54) is 0 Å². The van der Waals surface area contributed by atoms with Gasteiger partial charge in [0.2, 0.25) is 0 Å². The molecule has 1 saturated heterocycles. The number of rotatable bonds is 5. The van der Waals surface area contributed by atoms with Crippen LogP contribution < -0.4 is 10.6 Å². The van der Waals surface area contributed by atoms with Crippen LogP contribution in [0.1, 0.15) is 16.2 Å². The van der Waals surface area contributed by atoms with E-state index in [4.69, 9.17) is 0 Å². The predicted octanol–water partition coefficient (Wildman–Crippen LogP) is 1.92. The van der Waals surface area contributed by atoms with E-state index in [1.54, 1.807) is 12.4 Å². The molecule has 7 heteroatoms. The summed E-state index contributed by atoms with van der Waals surface area (Å²) in [5.41, 5.74) is 1.69. The summed E-state index contributed by atoms with van der Waals surface area (Å²) in [5.74, 6) is 1.65.